The number of hydrogen-bond acceptors (Lipinski definition) is 8. The number of aromatic nitrogens is 3. The minimum atomic E-state index is -0.883. The lowest BCUT2D eigenvalue weighted by atomic mass is 9.95. The number of hydrogen-bond donors (Lipinski definition) is 0. The van der Waals surface area contributed by atoms with Gasteiger partial charge in [0.05, 0.1) is 34.7 Å². The number of nitrogens with zero attached hydrogens (tertiary/aromatic N) is 6. The second-order valence-corrected chi connectivity index (χ2v) is 14.1. The SMILES string of the molecule is CC(C)(C)OC(=O)N1[C@@H]2CC[C@H]1[C@H]1CCCCc3nc(Cl)c(F)c4nc(OC[C@@]56CCCN5C[C@H](F)C6)nc(c34)N1C2. The standard InChI is InChI=1S/C30H39ClF2N6O3/c1-29(2,3)42-28(40)39-18-9-10-21(39)20-8-5-4-7-19-22-24(23(33)25(31)34-19)35-27(36-26(22)38(20)15-18)41-16-30-11-6-12-37(30)14-17(32)13-30/h17-18,20-21H,4-16H2,1-3H3/t17-,18-,20-,21+,30+/m1/s1. The highest BCUT2D eigenvalue weighted by Gasteiger charge is 2.51. The maximum Gasteiger partial charge on any atom is 0.410 e. The van der Waals surface area contributed by atoms with Crippen molar-refractivity contribution < 1.29 is 23.0 Å². The van der Waals surface area contributed by atoms with E-state index in [0.29, 0.717) is 42.8 Å². The van der Waals surface area contributed by atoms with E-state index in [4.69, 9.17) is 26.1 Å². The van der Waals surface area contributed by atoms with Gasteiger partial charge in [0.1, 0.15) is 29.7 Å². The lowest BCUT2D eigenvalue weighted by Gasteiger charge is -2.47. The molecule has 4 fully saturated rings. The number of rotatable bonds is 3. The summed E-state index contributed by atoms with van der Waals surface area (Å²) >= 11 is 6.30. The molecule has 9 nitrogen and oxygen atoms in total. The molecule has 228 valence electrons. The molecular formula is C30H39ClF2N6O3. The highest BCUT2D eigenvalue weighted by molar-refractivity contribution is 6.30. The monoisotopic (exact) mass is 604 g/mol. The summed E-state index contributed by atoms with van der Waals surface area (Å²) in [6.45, 7) is 7.70. The fraction of sp³-hybridized carbons (Fsp3) is 0.733. The molecule has 0 aromatic carbocycles. The molecule has 2 aromatic heterocycles. The van der Waals surface area contributed by atoms with Gasteiger partial charge in [-0.2, -0.15) is 9.97 Å². The maximum absolute atomic E-state index is 15.7. The van der Waals surface area contributed by atoms with Crippen molar-refractivity contribution in [1.29, 1.82) is 0 Å². The van der Waals surface area contributed by atoms with Crippen LogP contribution in [0.3, 0.4) is 0 Å². The van der Waals surface area contributed by atoms with E-state index in [1.165, 1.54) is 0 Å². The predicted octanol–water partition coefficient (Wildman–Crippen LogP) is 5.46. The zero-order valence-corrected chi connectivity index (χ0v) is 25.3. The Hall–Kier alpha value is -2.53. The van der Waals surface area contributed by atoms with Gasteiger partial charge in [-0.15, -0.1) is 0 Å². The minimum Gasteiger partial charge on any atom is -0.461 e. The van der Waals surface area contributed by atoms with Crippen LogP contribution in [0, 0.1) is 5.82 Å². The second-order valence-electron chi connectivity index (χ2n) is 13.7. The largest absolute Gasteiger partial charge is 0.461 e. The molecule has 5 aliphatic rings. The van der Waals surface area contributed by atoms with Gasteiger partial charge in [0.25, 0.3) is 0 Å². The first-order valence-corrected chi connectivity index (χ1v) is 15.8. The maximum atomic E-state index is 15.7. The van der Waals surface area contributed by atoms with Crippen LogP contribution in [0.4, 0.5) is 19.4 Å². The van der Waals surface area contributed by atoms with Crippen molar-refractivity contribution in [1.82, 2.24) is 24.8 Å². The number of carbonyl (C=O) groups is 1. The van der Waals surface area contributed by atoms with Gasteiger partial charge in [-0.1, -0.05) is 18.0 Å². The third-order valence-corrected chi connectivity index (χ3v) is 10.1. The van der Waals surface area contributed by atoms with Gasteiger partial charge in [0.2, 0.25) is 0 Å². The average molecular weight is 605 g/mol. The van der Waals surface area contributed by atoms with Crippen molar-refractivity contribution in [3.8, 4) is 6.01 Å². The number of alkyl halides is 1. The van der Waals surface area contributed by atoms with Crippen molar-refractivity contribution in [3.05, 3.63) is 16.7 Å². The molecule has 0 unspecified atom stereocenters. The number of anilines is 1. The molecular weight excluding hydrogens is 566 g/mol. The predicted molar refractivity (Wildman–Crippen MR) is 154 cm³/mol. The van der Waals surface area contributed by atoms with Crippen LogP contribution in [-0.2, 0) is 11.2 Å². The van der Waals surface area contributed by atoms with Crippen LogP contribution in [0.25, 0.3) is 10.9 Å². The van der Waals surface area contributed by atoms with Gasteiger partial charge < -0.3 is 14.4 Å². The van der Waals surface area contributed by atoms with Crippen molar-refractivity contribution in [3.63, 3.8) is 0 Å². The van der Waals surface area contributed by atoms with Crippen LogP contribution in [0.5, 0.6) is 6.01 Å². The van der Waals surface area contributed by atoms with Gasteiger partial charge in [0.15, 0.2) is 11.0 Å². The van der Waals surface area contributed by atoms with E-state index < -0.39 is 17.6 Å². The number of aryl methyl sites for hydroxylation is 1. The Bertz CT molecular complexity index is 1410. The summed E-state index contributed by atoms with van der Waals surface area (Å²) in [7, 11) is 0. The van der Waals surface area contributed by atoms with E-state index in [0.717, 1.165) is 51.5 Å². The minimum absolute atomic E-state index is 0.0297. The molecule has 12 heteroatoms. The Morgan fingerprint density at radius 3 is 2.74 bits per heavy atom. The highest BCUT2D eigenvalue weighted by Crippen LogP contribution is 2.44. The number of fused-ring (bicyclic) bond motifs is 6. The molecule has 2 bridgehead atoms. The van der Waals surface area contributed by atoms with Crippen LogP contribution in [-0.4, -0.2) is 92.5 Å². The first-order valence-electron chi connectivity index (χ1n) is 15.4. The normalized spacial score (nSPS) is 31.0. The molecule has 7 rings (SSSR count). The van der Waals surface area contributed by atoms with E-state index >= 15 is 4.39 Å². The zero-order chi connectivity index (χ0) is 29.4. The molecule has 5 aliphatic heterocycles. The summed E-state index contributed by atoms with van der Waals surface area (Å²) in [5.41, 5.74) is -0.199. The summed E-state index contributed by atoms with van der Waals surface area (Å²) in [6, 6.07) is -0.0766. The van der Waals surface area contributed by atoms with Crippen molar-refractivity contribution in [2.75, 3.05) is 31.1 Å². The fourth-order valence-electron chi connectivity index (χ4n) is 8.15. The fourth-order valence-corrected chi connectivity index (χ4v) is 8.34. The quantitative estimate of drug-likeness (QED) is 0.428. The summed E-state index contributed by atoms with van der Waals surface area (Å²) in [4.78, 5) is 33.6. The number of pyridine rings is 1. The topological polar surface area (TPSA) is 83.9 Å². The second kappa shape index (κ2) is 10.3. The van der Waals surface area contributed by atoms with E-state index in [-0.39, 0.29) is 53.0 Å². The highest BCUT2D eigenvalue weighted by atomic mass is 35.5. The van der Waals surface area contributed by atoms with Crippen LogP contribution >= 0.6 is 11.6 Å². The average Bonchev–Trinajstić information content (AvgIpc) is 3.57. The molecule has 0 aliphatic carbocycles. The first-order chi connectivity index (χ1) is 20.0. The molecule has 0 spiro atoms. The van der Waals surface area contributed by atoms with Crippen LogP contribution < -0.4 is 9.64 Å². The van der Waals surface area contributed by atoms with Gasteiger partial charge in [-0.05, 0) is 72.3 Å². The summed E-state index contributed by atoms with van der Waals surface area (Å²) in [5.74, 6) is -0.114. The molecule has 0 N–H and O–H groups in total. The molecule has 0 radical (unpaired) electrons. The number of ether oxygens (including phenoxy) is 2. The summed E-state index contributed by atoms with van der Waals surface area (Å²) in [5, 5.41) is 0.349. The molecule has 0 saturated carbocycles. The van der Waals surface area contributed by atoms with Crippen LogP contribution in [0.15, 0.2) is 0 Å². The molecule has 2 aromatic rings. The van der Waals surface area contributed by atoms with Crippen LogP contribution in [0.1, 0.15) is 77.8 Å². The molecule has 1 amide bonds. The van der Waals surface area contributed by atoms with Crippen molar-refractivity contribution in [2.24, 2.45) is 0 Å². The van der Waals surface area contributed by atoms with E-state index in [1.54, 1.807) is 0 Å². The first kappa shape index (κ1) is 28.3. The molecule has 7 heterocycles. The van der Waals surface area contributed by atoms with Crippen molar-refractivity contribution >= 4 is 34.4 Å². The number of halogens is 3. The lowest BCUT2D eigenvalue weighted by Crippen LogP contribution is -2.62. The third kappa shape index (κ3) is 4.75. The summed E-state index contributed by atoms with van der Waals surface area (Å²) < 4.78 is 42.2. The Morgan fingerprint density at radius 2 is 1.93 bits per heavy atom. The number of carbonyl (C=O) groups excluding carboxylic acids is 1. The lowest BCUT2D eigenvalue weighted by molar-refractivity contribution is 0.00703. The molecule has 42 heavy (non-hydrogen) atoms. The van der Waals surface area contributed by atoms with E-state index in [1.807, 2.05) is 25.7 Å². The molecule has 5 atom stereocenters. The number of amides is 1. The van der Waals surface area contributed by atoms with Gasteiger partial charge in [-0.3, -0.25) is 9.80 Å². The van der Waals surface area contributed by atoms with Crippen molar-refractivity contribution in [2.45, 2.75) is 114 Å². The summed E-state index contributed by atoms with van der Waals surface area (Å²) in [6.07, 6.45) is 6.04. The van der Waals surface area contributed by atoms with Gasteiger partial charge in [0, 0.05) is 19.5 Å². The van der Waals surface area contributed by atoms with Gasteiger partial charge in [-0.25, -0.2) is 18.6 Å². The van der Waals surface area contributed by atoms with E-state index in [9.17, 15) is 9.18 Å². The molecule has 4 saturated heterocycles. The third-order valence-electron chi connectivity index (χ3n) is 9.85. The Morgan fingerprint density at radius 1 is 1.10 bits per heavy atom. The zero-order valence-electron chi connectivity index (χ0n) is 24.5. The smallest absolute Gasteiger partial charge is 0.410 e. The van der Waals surface area contributed by atoms with Crippen LogP contribution in [0.2, 0.25) is 5.15 Å². The Labute approximate surface area is 249 Å². The van der Waals surface area contributed by atoms with Gasteiger partial charge >= 0.3 is 12.1 Å². The Balaban J connectivity index is 1.29. The number of piperazine rings is 1. The van der Waals surface area contributed by atoms with E-state index in [2.05, 4.69) is 19.8 Å². The Kier molecular flexibility index (Phi) is 6.92.